The number of nitrogens with one attached hydrogen (secondary N) is 2. The zero-order chi connectivity index (χ0) is 27.7. The number of hydrogen-bond acceptors (Lipinski definition) is 5. The molecule has 5 rings (SSSR count). The largest absolute Gasteiger partial charge is 0.396 e. The summed E-state index contributed by atoms with van der Waals surface area (Å²) in [5.74, 6) is -1.22. The van der Waals surface area contributed by atoms with Crippen molar-refractivity contribution in [3.05, 3.63) is 65.2 Å². The third kappa shape index (κ3) is 4.97. The first-order chi connectivity index (χ1) is 18.8. The fourth-order valence-corrected chi connectivity index (χ4v) is 9.33. The second-order valence-corrected chi connectivity index (χ2v) is 12.9. The Balaban J connectivity index is 1.44. The van der Waals surface area contributed by atoms with Crippen LogP contribution in [0.15, 0.2) is 48.5 Å². The van der Waals surface area contributed by atoms with Crippen LogP contribution < -0.4 is 10.6 Å². The number of amides is 3. The number of fused-ring (bicyclic) bond motifs is 1. The minimum absolute atomic E-state index is 0.0114. The van der Waals surface area contributed by atoms with Crippen molar-refractivity contribution in [2.45, 2.75) is 69.0 Å². The number of aliphatic hydroxyl groups is 1. The first-order valence-electron chi connectivity index (χ1n) is 14.1. The van der Waals surface area contributed by atoms with Gasteiger partial charge in [0, 0.05) is 30.6 Å². The topological polar surface area (TPSA) is 98.7 Å². The molecule has 0 saturated carbocycles. The molecule has 6 atom stereocenters. The number of nitrogens with zero attached hydrogens (tertiary/aromatic N) is 1. The van der Waals surface area contributed by atoms with Gasteiger partial charge in [0.25, 0.3) is 0 Å². The lowest BCUT2D eigenvalue weighted by molar-refractivity contribution is -0.139. The van der Waals surface area contributed by atoms with Gasteiger partial charge in [0.1, 0.15) is 6.04 Å². The van der Waals surface area contributed by atoms with Gasteiger partial charge in [-0.25, -0.2) is 0 Å². The molecule has 208 valence electrons. The number of rotatable bonds is 10. The molecular formula is C31H39N3O4S. The van der Waals surface area contributed by atoms with Gasteiger partial charge < -0.3 is 20.6 Å². The summed E-state index contributed by atoms with van der Waals surface area (Å²) in [6.07, 6.45) is 2.95. The van der Waals surface area contributed by atoms with Gasteiger partial charge in [-0.05, 0) is 68.2 Å². The Hall–Kier alpha value is -2.84. The molecule has 0 aromatic heterocycles. The third-order valence-electron chi connectivity index (χ3n) is 8.81. The maximum Gasteiger partial charge on any atom is 0.248 e. The number of aliphatic hydroxyl groups excluding tert-OH is 1. The molecule has 39 heavy (non-hydrogen) atoms. The number of benzene rings is 2. The molecule has 3 fully saturated rings. The van der Waals surface area contributed by atoms with Crippen molar-refractivity contribution >= 4 is 35.2 Å². The zero-order valence-electron chi connectivity index (χ0n) is 23.0. The van der Waals surface area contributed by atoms with Crippen molar-refractivity contribution in [2.75, 3.05) is 18.5 Å². The Kier molecular flexibility index (Phi) is 8.06. The first-order valence-corrected chi connectivity index (χ1v) is 14.9. The van der Waals surface area contributed by atoms with Gasteiger partial charge >= 0.3 is 0 Å². The number of likely N-dealkylation sites (tertiary alicyclic amines) is 1. The lowest BCUT2D eigenvalue weighted by atomic mass is 9.66. The van der Waals surface area contributed by atoms with Crippen LogP contribution in [0.2, 0.25) is 0 Å². The molecule has 2 bridgehead atoms. The van der Waals surface area contributed by atoms with Crippen LogP contribution in [0.25, 0.3) is 0 Å². The molecule has 3 N–H and O–H groups in total. The van der Waals surface area contributed by atoms with Crippen LogP contribution in [0.4, 0.5) is 5.69 Å². The standard InChI is InChI=1S/C31H39N3O4S/c1-19-12-13-20(2)23(16-19)33-29(37)27-31-21(3)17-24(39-31)25(28(36)32-18-22-10-6-4-7-11-22)26(31)30(38)34(27)14-8-5-9-15-35/h4,6-7,10-13,16,21,24-27,35H,5,8-9,14-15,17-18H2,1-3H3,(H,32,36)(H,33,37)/t21?,24-,25+,26+,27?,31?/m1/s1. The van der Waals surface area contributed by atoms with Crippen LogP contribution >= 0.6 is 11.8 Å². The van der Waals surface area contributed by atoms with Gasteiger partial charge in [-0.2, -0.15) is 0 Å². The van der Waals surface area contributed by atoms with Crippen molar-refractivity contribution in [1.29, 1.82) is 0 Å². The molecule has 3 unspecified atom stereocenters. The van der Waals surface area contributed by atoms with Crippen molar-refractivity contribution in [1.82, 2.24) is 10.2 Å². The van der Waals surface area contributed by atoms with Crippen LogP contribution in [-0.4, -0.2) is 56.9 Å². The number of anilines is 1. The first kappa shape index (κ1) is 27.7. The molecule has 2 aromatic carbocycles. The average molecular weight is 550 g/mol. The molecule has 7 nitrogen and oxygen atoms in total. The monoisotopic (exact) mass is 549 g/mol. The van der Waals surface area contributed by atoms with Crippen molar-refractivity contribution in [3.8, 4) is 0 Å². The quantitative estimate of drug-likeness (QED) is 0.389. The van der Waals surface area contributed by atoms with Crippen molar-refractivity contribution in [3.63, 3.8) is 0 Å². The molecule has 8 heteroatoms. The number of carbonyl (C=O) groups excluding carboxylic acids is 3. The maximum atomic E-state index is 14.2. The maximum absolute atomic E-state index is 14.2. The Morgan fingerprint density at radius 1 is 1.08 bits per heavy atom. The van der Waals surface area contributed by atoms with E-state index in [2.05, 4.69) is 17.6 Å². The summed E-state index contributed by atoms with van der Waals surface area (Å²) in [5.41, 5.74) is 3.79. The highest BCUT2D eigenvalue weighted by molar-refractivity contribution is 8.02. The SMILES string of the molecule is Cc1ccc(C)c(NC(=O)C2N(CCCCCO)C(=O)[C@@H]3[C@@H](C(=O)NCc4ccccc4)[C@H]4CC(C)C23S4)c1. The number of carbonyl (C=O) groups is 3. The Labute approximate surface area is 235 Å². The van der Waals surface area contributed by atoms with E-state index in [9.17, 15) is 19.5 Å². The number of thioether (sulfide) groups is 1. The number of aryl methyl sites for hydroxylation is 2. The van der Waals surface area contributed by atoms with Crippen LogP contribution in [0.5, 0.6) is 0 Å². The van der Waals surface area contributed by atoms with Crippen molar-refractivity contribution < 1.29 is 19.5 Å². The molecule has 2 aromatic rings. The van der Waals surface area contributed by atoms with Gasteiger partial charge in [0.2, 0.25) is 17.7 Å². The molecule has 0 aliphatic carbocycles. The van der Waals surface area contributed by atoms with E-state index in [0.717, 1.165) is 35.2 Å². The zero-order valence-corrected chi connectivity index (χ0v) is 23.8. The normalized spacial score (nSPS) is 29.0. The Bertz CT molecular complexity index is 1240. The van der Waals surface area contributed by atoms with Gasteiger partial charge in [0.05, 0.1) is 16.6 Å². The fraction of sp³-hybridized carbons (Fsp3) is 0.516. The van der Waals surface area contributed by atoms with E-state index in [4.69, 9.17) is 0 Å². The lowest BCUT2D eigenvalue weighted by Gasteiger charge is -2.38. The van der Waals surface area contributed by atoms with E-state index >= 15 is 0 Å². The smallest absolute Gasteiger partial charge is 0.248 e. The number of unbranched alkanes of at least 4 members (excludes halogenated alkanes) is 2. The van der Waals surface area contributed by atoms with E-state index in [1.807, 2.05) is 62.4 Å². The second kappa shape index (κ2) is 11.3. The molecule has 3 heterocycles. The summed E-state index contributed by atoms with van der Waals surface area (Å²) in [7, 11) is 0. The van der Waals surface area contributed by atoms with Crippen LogP contribution in [0, 0.1) is 31.6 Å². The highest BCUT2D eigenvalue weighted by atomic mass is 32.2. The molecule has 3 aliphatic rings. The number of hydrogen-bond donors (Lipinski definition) is 3. The highest BCUT2D eigenvalue weighted by Crippen LogP contribution is 2.68. The second-order valence-electron chi connectivity index (χ2n) is 11.4. The predicted molar refractivity (Wildman–Crippen MR) is 154 cm³/mol. The molecule has 0 radical (unpaired) electrons. The summed E-state index contributed by atoms with van der Waals surface area (Å²) in [6.45, 7) is 7.06. The molecule has 1 spiro atoms. The van der Waals surface area contributed by atoms with E-state index in [0.29, 0.717) is 25.9 Å². The fourth-order valence-electron chi connectivity index (χ4n) is 6.91. The summed E-state index contributed by atoms with van der Waals surface area (Å²) in [4.78, 5) is 43.7. The summed E-state index contributed by atoms with van der Waals surface area (Å²) in [5, 5.41) is 15.5. The highest BCUT2D eigenvalue weighted by Gasteiger charge is 2.75. The third-order valence-corrected chi connectivity index (χ3v) is 10.9. The molecular weight excluding hydrogens is 510 g/mol. The van der Waals surface area contributed by atoms with Crippen molar-refractivity contribution in [2.24, 2.45) is 17.8 Å². The van der Waals surface area contributed by atoms with Crippen LogP contribution in [0.3, 0.4) is 0 Å². The summed E-state index contributed by atoms with van der Waals surface area (Å²) < 4.78 is -0.644. The van der Waals surface area contributed by atoms with E-state index < -0.39 is 22.6 Å². The molecule has 3 saturated heterocycles. The minimum Gasteiger partial charge on any atom is -0.396 e. The summed E-state index contributed by atoms with van der Waals surface area (Å²) >= 11 is 1.70. The van der Waals surface area contributed by atoms with Gasteiger partial charge in [0.15, 0.2) is 0 Å². The molecule has 3 aliphatic heterocycles. The average Bonchev–Trinajstić information content (AvgIpc) is 3.51. The van der Waals surface area contributed by atoms with Crippen LogP contribution in [0.1, 0.15) is 49.3 Å². The lowest BCUT2D eigenvalue weighted by Crippen LogP contribution is -2.55. The van der Waals surface area contributed by atoms with E-state index in [-0.39, 0.29) is 35.5 Å². The van der Waals surface area contributed by atoms with Gasteiger partial charge in [-0.3, -0.25) is 14.4 Å². The van der Waals surface area contributed by atoms with E-state index in [1.54, 1.807) is 16.7 Å². The predicted octanol–water partition coefficient (Wildman–Crippen LogP) is 4.06. The minimum atomic E-state index is -0.652. The Morgan fingerprint density at radius 2 is 1.85 bits per heavy atom. The van der Waals surface area contributed by atoms with E-state index in [1.165, 1.54) is 0 Å². The Morgan fingerprint density at radius 3 is 2.59 bits per heavy atom. The molecule has 3 amide bonds. The van der Waals surface area contributed by atoms with Gasteiger partial charge in [-0.1, -0.05) is 49.4 Å². The van der Waals surface area contributed by atoms with Gasteiger partial charge in [-0.15, -0.1) is 11.8 Å². The summed E-state index contributed by atoms with van der Waals surface area (Å²) in [6, 6.07) is 15.1. The van der Waals surface area contributed by atoms with Crippen LogP contribution in [-0.2, 0) is 20.9 Å².